The van der Waals surface area contributed by atoms with Crippen molar-refractivity contribution in [1.29, 1.82) is 0 Å². The van der Waals surface area contributed by atoms with Gasteiger partial charge in [-0.3, -0.25) is 4.79 Å². The summed E-state index contributed by atoms with van der Waals surface area (Å²) < 4.78 is 17.2. The van der Waals surface area contributed by atoms with E-state index in [0.29, 0.717) is 42.6 Å². The summed E-state index contributed by atoms with van der Waals surface area (Å²) >= 11 is 0. The first-order valence-corrected chi connectivity index (χ1v) is 13.5. The summed E-state index contributed by atoms with van der Waals surface area (Å²) in [5.41, 5.74) is 3.14. The predicted octanol–water partition coefficient (Wildman–Crippen LogP) is 3.54. The van der Waals surface area contributed by atoms with Crippen molar-refractivity contribution in [3.05, 3.63) is 47.0 Å². The molecule has 2 heterocycles. The van der Waals surface area contributed by atoms with E-state index in [9.17, 15) is 14.8 Å². The molecule has 8 heteroatoms. The molecular weight excluding hydrogens is 457 g/mol. The summed E-state index contributed by atoms with van der Waals surface area (Å²) in [4.78, 5) is 12.7. The number of benzene rings is 1. The molecule has 0 aromatic heterocycles. The number of fused-ring (bicyclic) bond motifs is 6. The summed E-state index contributed by atoms with van der Waals surface area (Å²) in [6.45, 7) is 3.76. The molecule has 2 aliphatic heterocycles. The Bertz CT molecular complexity index is 1090. The molecule has 6 rings (SSSR count). The highest BCUT2D eigenvalue weighted by molar-refractivity contribution is 6.50. The summed E-state index contributed by atoms with van der Waals surface area (Å²) in [5, 5.41) is 22.3. The zero-order valence-electron chi connectivity index (χ0n) is 20.9. The smallest absolute Gasteiger partial charge is 0.454 e. The average molecular weight is 493 g/mol. The molecule has 1 unspecified atom stereocenters. The Morgan fingerprint density at radius 1 is 1.17 bits per heavy atom. The van der Waals surface area contributed by atoms with Gasteiger partial charge in [0.15, 0.2) is 11.5 Å². The first kappa shape index (κ1) is 24.1. The number of nitrogens with one attached hydrogen (secondary N) is 1. The van der Waals surface area contributed by atoms with Crippen LogP contribution in [-0.4, -0.2) is 42.1 Å². The van der Waals surface area contributed by atoms with Gasteiger partial charge in [0.25, 0.3) is 0 Å². The quantitative estimate of drug-likeness (QED) is 0.525. The normalized spacial score (nSPS) is 34.1. The van der Waals surface area contributed by atoms with Crippen LogP contribution in [0.15, 0.2) is 41.4 Å². The second kappa shape index (κ2) is 9.55. The second-order valence-electron chi connectivity index (χ2n) is 11.5. The van der Waals surface area contributed by atoms with E-state index in [0.717, 1.165) is 67.7 Å². The fourth-order valence-electron chi connectivity index (χ4n) is 7.75. The van der Waals surface area contributed by atoms with Gasteiger partial charge in [0.05, 0.1) is 12.2 Å². The van der Waals surface area contributed by atoms with E-state index in [1.54, 1.807) is 0 Å². The zero-order chi connectivity index (χ0) is 24.9. The molecule has 0 radical (unpaired) electrons. The van der Waals surface area contributed by atoms with Gasteiger partial charge >= 0.3 is 7.12 Å². The van der Waals surface area contributed by atoms with E-state index in [1.165, 1.54) is 5.57 Å². The van der Waals surface area contributed by atoms with Crippen LogP contribution in [0.1, 0.15) is 57.4 Å². The Labute approximate surface area is 213 Å². The van der Waals surface area contributed by atoms with Crippen LogP contribution in [0.5, 0.6) is 11.5 Å². The Kier molecular flexibility index (Phi) is 6.38. The second-order valence-corrected chi connectivity index (χ2v) is 11.5. The third-order valence-electron chi connectivity index (χ3n) is 9.49. The van der Waals surface area contributed by atoms with Gasteiger partial charge in [0.2, 0.25) is 12.7 Å². The lowest BCUT2D eigenvalue weighted by molar-refractivity contribution is -0.121. The highest BCUT2D eigenvalue weighted by Gasteiger charge is 2.56. The lowest BCUT2D eigenvalue weighted by Crippen LogP contribution is -2.49. The van der Waals surface area contributed by atoms with E-state index in [4.69, 9.17) is 14.2 Å². The van der Waals surface area contributed by atoms with Gasteiger partial charge in [-0.2, -0.15) is 0 Å². The summed E-state index contributed by atoms with van der Waals surface area (Å²) in [6, 6.07) is 5.78. The molecule has 1 saturated heterocycles. The van der Waals surface area contributed by atoms with Gasteiger partial charge in [0, 0.05) is 13.0 Å². The highest BCUT2D eigenvalue weighted by atomic mass is 16.7. The van der Waals surface area contributed by atoms with Crippen molar-refractivity contribution in [3.63, 3.8) is 0 Å². The number of carbonyl (C=O) groups is 1. The van der Waals surface area contributed by atoms with Crippen molar-refractivity contribution in [2.45, 2.75) is 64.0 Å². The molecule has 2 saturated carbocycles. The van der Waals surface area contributed by atoms with E-state index >= 15 is 0 Å². The van der Waals surface area contributed by atoms with Crippen molar-refractivity contribution in [1.82, 2.24) is 5.32 Å². The summed E-state index contributed by atoms with van der Waals surface area (Å²) in [6.07, 6.45) is 10.6. The number of ether oxygens (including phenoxy) is 3. The van der Waals surface area contributed by atoms with Crippen LogP contribution in [-0.2, 0) is 16.1 Å². The number of rotatable bonds is 6. The van der Waals surface area contributed by atoms with Crippen molar-refractivity contribution < 1.29 is 29.1 Å². The van der Waals surface area contributed by atoms with Gasteiger partial charge in [-0.05, 0) is 98.2 Å². The lowest BCUT2D eigenvalue weighted by atomic mass is 9.53. The summed E-state index contributed by atoms with van der Waals surface area (Å²) in [7, 11) is -1.35. The van der Waals surface area contributed by atoms with Crippen LogP contribution in [0.25, 0.3) is 0 Å². The monoisotopic (exact) mass is 493 g/mol. The van der Waals surface area contributed by atoms with Gasteiger partial charge in [-0.1, -0.05) is 23.8 Å². The molecule has 3 N–H and O–H groups in total. The number of carbonyl (C=O) groups excluding carboxylic acids is 1. The van der Waals surface area contributed by atoms with Crippen LogP contribution in [0.3, 0.4) is 0 Å². The minimum absolute atomic E-state index is 0.0764. The molecule has 1 aromatic rings. The molecule has 1 amide bonds. The van der Waals surface area contributed by atoms with Crippen molar-refractivity contribution in [2.75, 3.05) is 13.4 Å². The Balaban J connectivity index is 1.08. The predicted molar refractivity (Wildman–Crippen MR) is 135 cm³/mol. The van der Waals surface area contributed by atoms with Gasteiger partial charge in [-0.25, -0.2) is 0 Å². The molecule has 0 bridgehead atoms. The minimum atomic E-state index is -1.35. The molecule has 36 heavy (non-hydrogen) atoms. The van der Waals surface area contributed by atoms with Gasteiger partial charge in [0.1, 0.15) is 0 Å². The number of hydrogen-bond acceptors (Lipinski definition) is 6. The lowest BCUT2D eigenvalue weighted by Gasteiger charge is -2.52. The molecule has 3 aliphatic carbocycles. The average Bonchev–Trinajstić information content (AvgIpc) is 3.49. The Morgan fingerprint density at radius 2 is 2.03 bits per heavy atom. The van der Waals surface area contributed by atoms with Crippen molar-refractivity contribution in [2.24, 2.45) is 29.6 Å². The first-order valence-electron chi connectivity index (χ1n) is 13.5. The first-order chi connectivity index (χ1) is 17.4. The number of amides is 1. The van der Waals surface area contributed by atoms with E-state index in [1.807, 2.05) is 24.3 Å². The maximum Gasteiger partial charge on any atom is 0.484 e. The minimum Gasteiger partial charge on any atom is -0.454 e. The van der Waals surface area contributed by atoms with E-state index < -0.39 is 7.12 Å². The standard InChI is InChI=1S/C28H36BNO6/c1-28-11-10-22-21-7-5-20(29(32)33)13-18(21)3-6-23(22)27(28)19(15-36-28)4-9-26(31)30-14-17-2-8-24-25(12-17)35-16-34-24/h2,5,7-8,12,18-19,22-23,27,32-33H,3-4,6,9-11,13-16H2,1H3,(H,30,31)/t18?,19-,22-,23-,27+,28+/m1/s1. The van der Waals surface area contributed by atoms with Gasteiger partial charge < -0.3 is 29.6 Å². The molecule has 6 atom stereocenters. The SMILES string of the molecule is C[C@]12CC[C@@H]3C4=CC=C(B(O)O)CC4CC[C@H]3[C@@H]1[C@H](CCC(=O)NCc1ccc3c(c1)OCO3)CO2. The molecular formula is C28H36BNO6. The van der Waals surface area contributed by atoms with Crippen LogP contribution in [0.4, 0.5) is 0 Å². The van der Waals surface area contributed by atoms with Crippen molar-refractivity contribution >= 4 is 13.0 Å². The van der Waals surface area contributed by atoms with Crippen LogP contribution >= 0.6 is 0 Å². The van der Waals surface area contributed by atoms with Crippen LogP contribution in [0, 0.1) is 29.6 Å². The molecule has 3 fully saturated rings. The zero-order valence-corrected chi connectivity index (χ0v) is 20.9. The van der Waals surface area contributed by atoms with Crippen LogP contribution < -0.4 is 14.8 Å². The largest absolute Gasteiger partial charge is 0.484 e. The maximum absolute atomic E-state index is 12.7. The maximum atomic E-state index is 12.7. The Morgan fingerprint density at radius 3 is 2.89 bits per heavy atom. The third-order valence-corrected chi connectivity index (χ3v) is 9.49. The highest BCUT2D eigenvalue weighted by Crippen LogP contribution is 2.59. The fraction of sp³-hybridized carbons (Fsp3) is 0.607. The third kappa shape index (κ3) is 4.37. The Hall–Kier alpha value is -2.29. The molecule has 5 aliphatic rings. The topological polar surface area (TPSA) is 97.3 Å². The van der Waals surface area contributed by atoms with E-state index in [2.05, 4.69) is 18.3 Å². The molecule has 0 spiro atoms. The van der Waals surface area contributed by atoms with E-state index in [-0.39, 0.29) is 18.3 Å². The molecule has 7 nitrogen and oxygen atoms in total. The van der Waals surface area contributed by atoms with Gasteiger partial charge in [-0.15, -0.1) is 0 Å². The number of allylic oxidation sites excluding steroid dienone is 4. The number of hydrogen-bond donors (Lipinski definition) is 3. The molecule has 192 valence electrons. The fourth-order valence-corrected chi connectivity index (χ4v) is 7.75. The summed E-state index contributed by atoms with van der Waals surface area (Å²) in [5.74, 6) is 3.97. The van der Waals surface area contributed by atoms with Crippen molar-refractivity contribution in [3.8, 4) is 11.5 Å². The van der Waals surface area contributed by atoms with Crippen LogP contribution in [0.2, 0.25) is 0 Å². The molecule has 1 aromatic carbocycles.